The Labute approximate surface area is 251 Å². The number of hydrogen-bond donors (Lipinski definition) is 1. The molecule has 0 spiro atoms. The zero-order chi connectivity index (χ0) is 30.9. The van der Waals surface area contributed by atoms with Crippen molar-refractivity contribution in [3.63, 3.8) is 0 Å². The first-order valence-electron chi connectivity index (χ1n) is 13.5. The number of carbonyl (C=O) groups is 2. The van der Waals surface area contributed by atoms with E-state index in [1.165, 1.54) is 24.5 Å². The van der Waals surface area contributed by atoms with E-state index in [4.69, 9.17) is 10.5 Å². The Hall–Kier alpha value is -3.70. The number of benzene rings is 1. The number of nitrogens with zero attached hydrogens (tertiary/aromatic N) is 5. The van der Waals surface area contributed by atoms with E-state index in [0.29, 0.717) is 10.5 Å². The third kappa shape index (κ3) is 6.62. The second-order valence-electron chi connectivity index (χ2n) is 9.95. The normalized spacial score (nSPS) is 18.7. The van der Waals surface area contributed by atoms with Gasteiger partial charge < -0.3 is 29.6 Å². The van der Waals surface area contributed by atoms with Crippen molar-refractivity contribution in [3.05, 3.63) is 36.2 Å². The molecule has 1 aromatic carbocycles. The van der Waals surface area contributed by atoms with E-state index < -0.39 is 53.8 Å². The van der Waals surface area contributed by atoms with Crippen LogP contribution in [-0.2, 0) is 32.0 Å². The number of pyridine rings is 1. The Balaban J connectivity index is 1.46. The molecular formula is C26H28F3N6O6S2-. The number of nitrogens with two attached hydrogens (primary N) is 1. The van der Waals surface area contributed by atoms with E-state index in [-0.39, 0.29) is 41.3 Å². The highest BCUT2D eigenvalue weighted by molar-refractivity contribution is 7.81. The van der Waals surface area contributed by atoms with E-state index >= 15 is 0 Å². The predicted molar refractivity (Wildman–Crippen MR) is 152 cm³/mol. The maximum Gasteiger partial charge on any atom is 0.573 e. The van der Waals surface area contributed by atoms with Crippen molar-refractivity contribution in [1.29, 1.82) is 0 Å². The Kier molecular flexibility index (Phi) is 8.94. The Morgan fingerprint density at radius 2 is 2.02 bits per heavy atom. The Morgan fingerprint density at radius 1 is 1.28 bits per heavy atom. The minimum Gasteiger partial charge on any atom is -0.755 e. The lowest BCUT2D eigenvalue weighted by Crippen LogP contribution is -2.49. The fourth-order valence-electron chi connectivity index (χ4n) is 5.38. The first-order valence-corrected chi connectivity index (χ1v) is 15.3. The van der Waals surface area contributed by atoms with Gasteiger partial charge in [0.2, 0.25) is 5.91 Å². The van der Waals surface area contributed by atoms with E-state index in [0.717, 1.165) is 52.5 Å². The first-order chi connectivity index (χ1) is 20.5. The van der Waals surface area contributed by atoms with Crippen molar-refractivity contribution < 1.29 is 41.0 Å². The first kappa shape index (κ1) is 30.7. The topological polar surface area (TPSA) is 154 Å². The third-order valence-corrected chi connectivity index (χ3v) is 9.23. The minimum atomic E-state index is -5.06. The summed E-state index contributed by atoms with van der Waals surface area (Å²) >= 11 is -1.72. The summed E-state index contributed by atoms with van der Waals surface area (Å²) in [5.74, 6) is -2.17. The molecule has 0 aliphatic carbocycles. The summed E-state index contributed by atoms with van der Waals surface area (Å²) in [5, 5.41) is 1.53. The number of anilines is 3. The number of rotatable bonds is 10. The highest BCUT2D eigenvalue weighted by Crippen LogP contribution is 2.37. The lowest BCUT2D eigenvalue weighted by molar-refractivity contribution is -0.274. The zero-order valence-electron chi connectivity index (χ0n) is 22.9. The van der Waals surface area contributed by atoms with Gasteiger partial charge in [0.25, 0.3) is 0 Å². The molecular weight excluding hydrogens is 613 g/mol. The Bertz CT molecular complexity index is 1530. The number of amides is 1. The number of thiazole rings is 1. The van der Waals surface area contributed by atoms with Crippen molar-refractivity contribution in [2.45, 2.75) is 51.1 Å². The third-order valence-electron chi connectivity index (χ3n) is 7.28. The molecule has 2 aliphatic rings. The number of fused-ring (bicyclic) bond motifs is 1. The number of alkyl halides is 3. The summed E-state index contributed by atoms with van der Waals surface area (Å²) in [5.41, 5.74) is 5.83. The van der Waals surface area contributed by atoms with Crippen LogP contribution in [0.15, 0.2) is 30.6 Å². The largest absolute Gasteiger partial charge is 0.755 e. The molecule has 2 aliphatic heterocycles. The number of esters is 1. The van der Waals surface area contributed by atoms with Crippen LogP contribution in [-0.4, -0.2) is 80.2 Å². The molecule has 2 saturated heterocycles. The standard InChI is InChI=1S/C26H29F3N6O6S2/c1-2-40-24(37)19(12-16-11-15-5-7-31-22(30)17(15)13-20(16)41-26(27,28)29)34-10-6-18(23(34)36)35(43(38)39)21-14-32-25(42-21)33-8-3-4-9-33/h5,7,11,13-14,18-19H,2-4,6,8-10,12H2,1H3,(H2,30,31)(H,38,39)/p-1/t18-,19+/m0/s1. The quantitative estimate of drug-likeness (QED) is 0.258. The van der Waals surface area contributed by atoms with Gasteiger partial charge in [-0.1, -0.05) is 11.3 Å². The lowest BCUT2D eigenvalue weighted by atomic mass is 10.00. The van der Waals surface area contributed by atoms with Gasteiger partial charge in [-0.05, 0) is 55.3 Å². The summed E-state index contributed by atoms with van der Waals surface area (Å²) in [6, 6.07) is 1.45. The van der Waals surface area contributed by atoms with Gasteiger partial charge in [-0.2, -0.15) is 0 Å². The van der Waals surface area contributed by atoms with Crippen molar-refractivity contribution >= 4 is 61.2 Å². The second-order valence-corrected chi connectivity index (χ2v) is 11.8. The average Bonchev–Trinajstić information content (AvgIpc) is 3.70. The van der Waals surface area contributed by atoms with Crippen LogP contribution < -0.4 is 19.7 Å². The second kappa shape index (κ2) is 12.5. The van der Waals surface area contributed by atoms with Crippen molar-refractivity contribution in [1.82, 2.24) is 14.9 Å². The molecule has 17 heteroatoms. The average molecular weight is 642 g/mol. The van der Waals surface area contributed by atoms with Gasteiger partial charge in [0.05, 0.1) is 12.8 Å². The number of hydrogen-bond acceptors (Lipinski definition) is 11. The molecule has 0 saturated carbocycles. The fourth-order valence-corrected chi connectivity index (χ4v) is 7.19. The summed E-state index contributed by atoms with van der Waals surface area (Å²) < 4.78 is 75.3. The van der Waals surface area contributed by atoms with Crippen LogP contribution in [0.2, 0.25) is 0 Å². The van der Waals surface area contributed by atoms with Crippen LogP contribution in [0.1, 0.15) is 31.7 Å². The zero-order valence-corrected chi connectivity index (χ0v) is 24.5. The van der Waals surface area contributed by atoms with Crippen LogP contribution in [0, 0.1) is 0 Å². The van der Waals surface area contributed by atoms with E-state index in [1.807, 2.05) is 4.90 Å². The fraction of sp³-hybridized carbons (Fsp3) is 0.462. The number of carbonyl (C=O) groups excluding carboxylic acids is 2. The van der Waals surface area contributed by atoms with Gasteiger partial charge in [-0.25, -0.2) is 14.8 Å². The molecule has 1 unspecified atom stereocenters. The highest BCUT2D eigenvalue weighted by atomic mass is 32.2. The van der Waals surface area contributed by atoms with Crippen LogP contribution in [0.3, 0.4) is 0 Å². The molecule has 3 aromatic rings. The number of halogens is 3. The smallest absolute Gasteiger partial charge is 0.573 e. The summed E-state index contributed by atoms with van der Waals surface area (Å²) in [6.07, 6.45) is -0.664. The van der Waals surface area contributed by atoms with E-state index in [1.54, 1.807) is 6.92 Å². The Morgan fingerprint density at radius 3 is 2.70 bits per heavy atom. The van der Waals surface area contributed by atoms with Crippen LogP contribution in [0.25, 0.3) is 10.8 Å². The monoisotopic (exact) mass is 641 g/mol. The van der Waals surface area contributed by atoms with Crippen molar-refractivity contribution in [2.75, 3.05) is 41.2 Å². The highest BCUT2D eigenvalue weighted by Gasteiger charge is 2.44. The maximum atomic E-state index is 13.7. The van der Waals surface area contributed by atoms with Gasteiger partial charge in [-0.15, -0.1) is 13.2 Å². The molecule has 5 rings (SSSR count). The molecule has 43 heavy (non-hydrogen) atoms. The van der Waals surface area contributed by atoms with Gasteiger partial charge in [0, 0.05) is 48.9 Å². The number of likely N-dealkylation sites (tertiary alicyclic amines) is 1. The SMILES string of the molecule is CCOC(=O)[C@@H](Cc1cc2ccnc(N)c2cc1OC(F)(F)F)N1CC[C@H](N(c2cnc(N3CCCC3)s2)S(=O)[O-])C1=O. The van der Waals surface area contributed by atoms with E-state index in [2.05, 4.69) is 14.7 Å². The number of aromatic nitrogens is 2. The van der Waals surface area contributed by atoms with Gasteiger partial charge >= 0.3 is 12.3 Å². The predicted octanol–water partition coefficient (Wildman–Crippen LogP) is 3.15. The maximum absolute atomic E-state index is 13.7. The molecule has 1 amide bonds. The van der Waals surface area contributed by atoms with E-state index in [9.17, 15) is 31.5 Å². The summed E-state index contributed by atoms with van der Waals surface area (Å²) in [4.78, 5) is 38.3. The van der Waals surface area contributed by atoms with Gasteiger partial charge in [-0.3, -0.25) is 13.3 Å². The summed E-state index contributed by atoms with van der Waals surface area (Å²) in [7, 11) is 0. The van der Waals surface area contributed by atoms with Crippen molar-refractivity contribution in [3.8, 4) is 5.75 Å². The molecule has 2 N–H and O–H groups in total. The molecule has 12 nitrogen and oxygen atoms in total. The minimum absolute atomic E-state index is 0.0164. The number of ether oxygens (including phenoxy) is 2. The van der Waals surface area contributed by atoms with Gasteiger partial charge in [0.15, 0.2) is 5.13 Å². The molecule has 4 heterocycles. The van der Waals surface area contributed by atoms with Crippen LogP contribution >= 0.6 is 11.3 Å². The molecule has 0 bridgehead atoms. The molecule has 0 radical (unpaired) electrons. The molecule has 232 valence electrons. The lowest BCUT2D eigenvalue weighted by Gasteiger charge is -2.31. The van der Waals surface area contributed by atoms with Crippen LogP contribution in [0.5, 0.6) is 5.75 Å². The van der Waals surface area contributed by atoms with Crippen LogP contribution in [0.4, 0.5) is 29.1 Å². The molecule has 2 aromatic heterocycles. The molecule has 3 atom stereocenters. The van der Waals surface area contributed by atoms with Gasteiger partial charge in [0.1, 0.15) is 28.7 Å². The van der Waals surface area contributed by atoms with Crippen molar-refractivity contribution in [2.24, 2.45) is 0 Å². The number of nitrogen functional groups attached to an aromatic ring is 1. The summed E-state index contributed by atoms with van der Waals surface area (Å²) in [6.45, 7) is 3.05. The molecule has 2 fully saturated rings.